The molecule has 0 aliphatic rings. The molecule has 1 atom stereocenters. The fourth-order valence-electron chi connectivity index (χ4n) is 1.99. The summed E-state index contributed by atoms with van der Waals surface area (Å²) in [5.74, 6) is 0.336. The first-order valence-corrected chi connectivity index (χ1v) is 6.65. The standard InChI is InChI=1S/C16H18N2O3/c1-12(19)18(15-5-3-4-10-17-15)11-13-6-8-14(9-7-13)16(20)21-2/h3-10,12,19H,11H2,1-2H3. The van der Waals surface area contributed by atoms with Gasteiger partial charge in [0.1, 0.15) is 12.0 Å². The van der Waals surface area contributed by atoms with Crippen molar-refractivity contribution in [2.24, 2.45) is 0 Å². The van der Waals surface area contributed by atoms with Crippen molar-refractivity contribution in [3.05, 3.63) is 59.8 Å². The number of pyridine rings is 1. The van der Waals surface area contributed by atoms with Crippen LogP contribution in [0.3, 0.4) is 0 Å². The van der Waals surface area contributed by atoms with Gasteiger partial charge in [0.05, 0.1) is 12.7 Å². The lowest BCUT2D eigenvalue weighted by Gasteiger charge is -2.26. The molecule has 1 heterocycles. The minimum Gasteiger partial charge on any atom is -0.465 e. The molecule has 5 heteroatoms. The maximum Gasteiger partial charge on any atom is 0.337 e. The summed E-state index contributed by atoms with van der Waals surface area (Å²) in [4.78, 5) is 17.4. The first kappa shape index (κ1) is 15.0. The Morgan fingerprint density at radius 3 is 2.52 bits per heavy atom. The zero-order valence-electron chi connectivity index (χ0n) is 12.1. The molecule has 0 saturated carbocycles. The number of hydrogen-bond donors (Lipinski definition) is 1. The van der Waals surface area contributed by atoms with Crippen LogP contribution in [-0.2, 0) is 11.3 Å². The molecule has 110 valence electrons. The third kappa shape index (κ3) is 3.79. The highest BCUT2D eigenvalue weighted by molar-refractivity contribution is 5.89. The van der Waals surface area contributed by atoms with E-state index in [4.69, 9.17) is 0 Å². The third-order valence-corrected chi connectivity index (χ3v) is 3.12. The van der Waals surface area contributed by atoms with Gasteiger partial charge >= 0.3 is 5.97 Å². The van der Waals surface area contributed by atoms with Gasteiger partial charge in [-0.2, -0.15) is 0 Å². The minimum atomic E-state index is -0.666. The first-order valence-electron chi connectivity index (χ1n) is 6.65. The van der Waals surface area contributed by atoms with Crippen LogP contribution in [0.2, 0.25) is 0 Å². The number of carbonyl (C=O) groups excluding carboxylic acids is 1. The minimum absolute atomic E-state index is 0.362. The average molecular weight is 286 g/mol. The molecule has 0 amide bonds. The van der Waals surface area contributed by atoms with Gasteiger partial charge in [-0.3, -0.25) is 0 Å². The number of nitrogens with zero attached hydrogens (tertiary/aromatic N) is 2. The zero-order chi connectivity index (χ0) is 15.2. The number of aromatic nitrogens is 1. The van der Waals surface area contributed by atoms with Gasteiger partial charge in [0.25, 0.3) is 0 Å². The van der Waals surface area contributed by atoms with E-state index in [1.54, 1.807) is 30.2 Å². The number of hydrogen-bond acceptors (Lipinski definition) is 5. The zero-order valence-corrected chi connectivity index (χ0v) is 12.1. The number of methoxy groups -OCH3 is 1. The predicted octanol–water partition coefficient (Wildman–Crippen LogP) is 2.21. The summed E-state index contributed by atoms with van der Waals surface area (Å²) in [6.45, 7) is 2.19. The monoisotopic (exact) mass is 286 g/mol. The van der Waals surface area contributed by atoms with Crippen molar-refractivity contribution in [1.82, 2.24) is 4.98 Å². The fourth-order valence-corrected chi connectivity index (χ4v) is 1.99. The van der Waals surface area contributed by atoms with Crippen LogP contribution in [0.5, 0.6) is 0 Å². The maximum absolute atomic E-state index is 11.4. The van der Waals surface area contributed by atoms with E-state index >= 15 is 0 Å². The molecule has 2 aromatic rings. The third-order valence-electron chi connectivity index (χ3n) is 3.12. The van der Waals surface area contributed by atoms with Crippen molar-refractivity contribution in [2.75, 3.05) is 12.0 Å². The second-order valence-electron chi connectivity index (χ2n) is 4.64. The SMILES string of the molecule is COC(=O)c1ccc(CN(c2ccccn2)C(C)O)cc1. The van der Waals surface area contributed by atoms with Gasteiger partial charge in [-0.25, -0.2) is 9.78 Å². The Hall–Kier alpha value is -2.40. The van der Waals surface area contributed by atoms with Crippen molar-refractivity contribution in [3.63, 3.8) is 0 Å². The van der Waals surface area contributed by atoms with Crippen LogP contribution < -0.4 is 4.90 Å². The summed E-state index contributed by atoms with van der Waals surface area (Å²) in [6.07, 6.45) is 1.02. The second kappa shape index (κ2) is 6.85. The van der Waals surface area contributed by atoms with Crippen molar-refractivity contribution < 1.29 is 14.6 Å². The molecule has 0 aliphatic carbocycles. The number of rotatable bonds is 5. The Morgan fingerprint density at radius 1 is 1.29 bits per heavy atom. The summed E-state index contributed by atoms with van der Waals surface area (Å²) in [6, 6.07) is 12.6. The Balaban J connectivity index is 2.16. The van der Waals surface area contributed by atoms with Crippen molar-refractivity contribution in [3.8, 4) is 0 Å². The van der Waals surface area contributed by atoms with E-state index < -0.39 is 6.23 Å². The topological polar surface area (TPSA) is 62.7 Å². The van der Waals surface area contributed by atoms with E-state index in [0.717, 1.165) is 5.56 Å². The van der Waals surface area contributed by atoms with Crippen LogP contribution in [0.1, 0.15) is 22.8 Å². The smallest absolute Gasteiger partial charge is 0.337 e. The predicted molar refractivity (Wildman–Crippen MR) is 79.9 cm³/mol. The van der Waals surface area contributed by atoms with Gasteiger partial charge in [0, 0.05) is 12.7 Å². The summed E-state index contributed by atoms with van der Waals surface area (Å²) in [5.41, 5.74) is 1.47. The van der Waals surface area contributed by atoms with Crippen LogP contribution >= 0.6 is 0 Å². The molecule has 1 N–H and O–H groups in total. The Labute approximate surface area is 123 Å². The van der Waals surface area contributed by atoms with Gasteiger partial charge in [-0.1, -0.05) is 18.2 Å². The molecule has 0 saturated heterocycles. The summed E-state index contributed by atoms with van der Waals surface area (Å²) >= 11 is 0. The second-order valence-corrected chi connectivity index (χ2v) is 4.64. The van der Waals surface area contributed by atoms with E-state index in [2.05, 4.69) is 9.72 Å². The average Bonchev–Trinajstić information content (AvgIpc) is 2.53. The highest BCUT2D eigenvalue weighted by atomic mass is 16.5. The van der Waals surface area contributed by atoms with Crippen molar-refractivity contribution in [2.45, 2.75) is 19.7 Å². The van der Waals surface area contributed by atoms with Gasteiger partial charge in [0.2, 0.25) is 0 Å². The molecule has 1 aromatic heterocycles. The van der Waals surface area contributed by atoms with E-state index in [-0.39, 0.29) is 5.97 Å². The van der Waals surface area contributed by atoms with E-state index in [9.17, 15) is 9.90 Å². The molecular formula is C16H18N2O3. The highest BCUT2D eigenvalue weighted by Crippen LogP contribution is 2.17. The first-order chi connectivity index (χ1) is 10.1. The molecule has 1 unspecified atom stereocenters. The summed E-state index contributed by atoms with van der Waals surface area (Å²) in [5, 5.41) is 9.92. The summed E-state index contributed by atoms with van der Waals surface area (Å²) < 4.78 is 4.67. The van der Waals surface area contributed by atoms with Gasteiger partial charge in [-0.15, -0.1) is 0 Å². The summed E-state index contributed by atoms with van der Waals surface area (Å²) in [7, 11) is 1.35. The number of ether oxygens (including phenoxy) is 1. The molecule has 0 spiro atoms. The number of aliphatic hydroxyl groups excluding tert-OH is 1. The molecule has 21 heavy (non-hydrogen) atoms. The number of aliphatic hydroxyl groups is 1. The molecule has 0 radical (unpaired) electrons. The molecule has 0 bridgehead atoms. The number of anilines is 1. The fraction of sp³-hybridized carbons (Fsp3) is 0.250. The lowest BCUT2D eigenvalue weighted by molar-refractivity contribution is 0.0600. The van der Waals surface area contributed by atoms with Gasteiger partial charge in [0.15, 0.2) is 0 Å². The van der Waals surface area contributed by atoms with E-state index in [0.29, 0.717) is 17.9 Å². The quantitative estimate of drug-likeness (QED) is 0.674. The molecule has 1 aromatic carbocycles. The maximum atomic E-state index is 11.4. The van der Waals surface area contributed by atoms with Crippen LogP contribution in [-0.4, -0.2) is 29.4 Å². The highest BCUT2D eigenvalue weighted by Gasteiger charge is 2.14. The van der Waals surface area contributed by atoms with E-state index in [1.807, 2.05) is 30.3 Å². The molecule has 2 rings (SSSR count). The van der Waals surface area contributed by atoms with Crippen LogP contribution in [0.15, 0.2) is 48.7 Å². The van der Waals surface area contributed by atoms with Crippen LogP contribution in [0.25, 0.3) is 0 Å². The lowest BCUT2D eigenvalue weighted by atomic mass is 10.1. The van der Waals surface area contributed by atoms with Crippen LogP contribution in [0, 0.1) is 0 Å². The normalized spacial score (nSPS) is 11.8. The Morgan fingerprint density at radius 2 is 2.00 bits per heavy atom. The Bertz CT molecular complexity index is 582. The number of benzene rings is 1. The van der Waals surface area contributed by atoms with Gasteiger partial charge < -0.3 is 14.7 Å². The van der Waals surface area contributed by atoms with Crippen LogP contribution in [0.4, 0.5) is 5.82 Å². The molecule has 0 fully saturated rings. The van der Waals surface area contributed by atoms with Crippen molar-refractivity contribution >= 4 is 11.8 Å². The number of carbonyl (C=O) groups is 1. The van der Waals surface area contributed by atoms with Gasteiger partial charge in [-0.05, 0) is 36.8 Å². The number of esters is 1. The molecule has 0 aliphatic heterocycles. The Kier molecular flexibility index (Phi) is 4.90. The molecular weight excluding hydrogens is 268 g/mol. The van der Waals surface area contributed by atoms with E-state index in [1.165, 1.54) is 7.11 Å². The lowest BCUT2D eigenvalue weighted by Crippen LogP contribution is -2.32. The largest absolute Gasteiger partial charge is 0.465 e. The van der Waals surface area contributed by atoms with Crippen molar-refractivity contribution in [1.29, 1.82) is 0 Å². The molecule has 5 nitrogen and oxygen atoms in total.